The lowest BCUT2D eigenvalue weighted by atomic mass is 9.85. The monoisotopic (exact) mass is 164 g/mol. The fourth-order valence-corrected chi connectivity index (χ4v) is 2.73. The lowest BCUT2D eigenvalue weighted by Gasteiger charge is -2.21. The third-order valence-electron chi connectivity index (χ3n) is 3.55. The highest BCUT2D eigenvalue weighted by Gasteiger charge is 2.16. The number of hydrogen-bond donors (Lipinski definition) is 0. The minimum absolute atomic E-state index is 1.03. The van der Waals surface area contributed by atoms with Crippen molar-refractivity contribution in [2.75, 3.05) is 0 Å². The Kier molecular flexibility index (Phi) is 2.86. The van der Waals surface area contributed by atoms with Gasteiger partial charge in [0.2, 0.25) is 0 Å². The number of rotatable bonds is 0. The van der Waals surface area contributed by atoms with Crippen molar-refractivity contribution in [2.45, 2.75) is 51.4 Å². The van der Waals surface area contributed by atoms with Crippen LogP contribution in [0.25, 0.3) is 0 Å². The lowest BCUT2D eigenvalue weighted by Crippen LogP contribution is -2.07. The van der Waals surface area contributed by atoms with E-state index in [9.17, 15) is 0 Å². The van der Waals surface area contributed by atoms with E-state index in [4.69, 9.17) is 0 Å². The Morgan fingerprint density at radius 2 is 1.08 bits per heavy atom. The standard InChI is InChI=1S/C12H20/c1-2-6-12-9-3-7-11(5-1)8-4-10-12/h1-2,11-12H,3-10H2. The molecule has 0 aliphatic heterocycles. The molecule has 0 nitrogen and oxygen atoms in total. The average molecular weight is 164 g/mol. The van der Waals surface area contributed by atoms with E-state index < -0.39 is 0 Å². The minimum atomic E-state index is 1.03. The molecule has 1 fully saturated rings. The zero-order valence-electron chi connectivity index (χ0n) is 7.97. The summed E-state index contributed by atoms with van der Waals surface area (Å²) in [4.78, 5) is 0. The molecule has 3 rings (SSSR count). The molecular weight excluding hydrogens is 144 g/mol. The number of allylic oxidation sites excluding steroid dienone is 2. The first-order chi connectivity index (χ1) is 5.95. The van der Waals surface area contributed by atoms with Gasteiger partial charge in [0, 0.05) is 0 Å². The first kappa shape index (κ1) is 8.34. The molecule has 12 heavy (non-hydrogen) atoms. The fourth-order valence-electron chi connectivity index (χ4n) is 2.73. The molecule has 1 saturated carbocycles. The van der Waals surface area contributed by atoms with Crippen LogP contribution in [0, 0.1) is 11.8 Å². The van der Waals surface area contributed by atoms with E-state index in [0.717, 1.165) is 11.8 Å². The van der Waals surface area contributed by atoms with Crippen molar-refractivity contribution >= 4 is 0 Å². The van der Waals surface area contributed by atoms with Crippen LogP contribution in [0.3, 0.4) is 0 Å². The minimum Gasteiger partial charge on any atom is -0.0883 e. The van der Waals surface area contributed by atoms with Crippen LogP contribution in [0.5, 0.6) is 0 Å². The topological polar surface area (TPSA) is 0 Å². The molecule has 3 aliphatic rings. The summed E-state index contributed by atoms with van der Waals surface area (Å²) in [6.45, 7) is 0. The Hall–Kier alpha value is -0.260. The van der Waals surface area contributed by atoms with Gasteiger partial charge in [0.1, 0.15) is 0 Å². The van der Waals surface area contributed by atoms with E-state index in [0.29, 0.717) is 0 Å². The Morgan fingerprint density at radius 1 is 0.667 bits per heavy atom. The summed E-state index contributed by atoms with van der Waals surface area (Å²) in [7, 11) is 0. The molecule has 3 aliphatic carbocycles. The highest BCUT2D eigenvalue weighted by atomic mass is 14.2. The molecule has 2 bridgehead atoms. The summed E-state index contributed by atoms with van der Waals surface area (Å²) in [5, 5.41) is 0. The largest absolute Gasteiger partial charge is 0.0883 e. The van der Waals surface area contributed by atoms with E-state index in [1.165, 1.54) is 51.4 Å². The second kappa shape index (κ2) is 4.11. The van der Waals surface area contributed by atoms with Crippen LogP contribution in [-0.2, 0) is 0 Å². The van der Waals surface area contributed by atoms with Crippen molar-refractivity contribution in [1.82, 2.24) is 0 Å². The van der Waals surface area contributed by atoms with E-state index in [1.54, 1.807) is 0 Å². The van der Waals surface area contributed by atoms with Crippen molar-refractivity contribution in [2.24, 2.45) is 11.8 Å². The summed E-state index contributed by atoms with van der Waals surface area (Å²) in [6, 6.07) is 0. The third kappa shape index (κ3) is 2.12. The van der Waals surface area contributed by atoms with Crippen molar-refractivity contribution < 1.29 is 0 Å². The molecule has 0 saturated heterocycles. The normalized spacial score (nSPS) is 36.7. The Labute approximate surface area is 76.1 Å². The van der Waals surface area contributed by atoms with Gasteiger partial charge in [-0.25, -0.2) is 0 Å². The molecule has 0 atom stereocenters. The summed E-state index contributed by atoms with van der Waals surface area (Å²) < 4.78 is 0. The fraction of sp³-hybridized carbons (Fsp3) is 0.833. The van der Waals surface area contributed by atoms with E-state index in [1.807, 2.05) is 0 Å². The highest BCUT2D eigenvalue weighted by Crippen LogP contribution is 2.31. The summed E-state index contributed by atoms with van der Waals surface area (Å²) in [5.41, 5.74) is 0. The average Bonchev–Trinajstić information content (AvgIpc) is 2.18. The van der Waals surface area contributed by atoms with Gasteiger partial charge in [-0.1, -0.05) is 50.7 Å². The van der Waals surface area contributed by atoms with Crippen molar-refractivity contribution in [3.63, 3.8) is 0 Å². The molecule has 68 valence electrons. The molecule has 0 spiro atoms. The van der Waals surface area contributed by atoms with Gasteiger partial charge in [-0.15, -0.1) is 0 Å². The van der Waals surface area contributed by atoms with E-state index in [-0.39, 0.29) is 0 Å². The summed E-state index contributed by atoms with van der Waals surface area (Å²) in [6.07, 6.45) is 16.6. The van der Waals surface area contributed by atoms with Crippen molar-refractivity contribution in [3.8, 4) is 0 Å². The molecule has 0 aromatic heterocycles. The van der Waals surface area contributed by atoms with Crippen LogP contribution in [0.15, 0.2) is 12.2 Å². The Balaban J connectivity index is 2.03. The predicted molar refractivity (Wildman–Crippen MR) is 53.1 cm³/mol. The second-order valence-electron chi connectivity index (χ2n) is 4.54. The summed E-state index contributed by atoms with van der Waals surface area (Å²) >= 11 is 0. The van der Waals surface area contributed by atoms with Gasteiger partial charge >= 0.3 is 0 Å². The first-order valence-electron chi connectivity index (χ1n) is 5.60. The predicted octanol–water partition coefficient (Wildman–Crippen LogP) is 3.92. The molecule has 0 aromatic carbocycles. The van der Waals surface area contributed by atoms with Crippen molar-refractivity contribution in [1.29, 1.82) is 0 Å². The SMILES string of the molecule is C1=CCC2CCCC(C1)CCC2. The maximum absolute atomic E-state index is 2.44. The second-order valence-corrected chi connectivity index (χ2v) is 4.54. The number of fused-ring (bicyclic) bond motifs is 6. The van der Waals surface area contributed by atoms with Gasteiger partial charge in [0.15, 0.2) is 0 Å². The molecular formula is C12H20. The van der Waals surface area contributed by atoms with Gasteiger partial charge in [0.05, 0.1) is 0 Å². The Bertz CT molecular complexity index is 131. The smallest absolute Gasteiger partial charge is 0.0322 e. The van der Waals surface area contributed by atoms with Crippen LogP contribution in [-0.4, -0.2) is 0 Å². The maximum Gasteiger partial charge on any atom is -0.0322 e. The zero-order valence-corrected chi connectivity index (χ0v) is 7.97. The molecule has 0 N–H and O–H groups in total. The van der Waals surface area contributed by atoms with Crippen LogP contribution in [0.2, 0.25) is 0 Å². The first-order valence-corrected chi connectivity index (χ1v) is 5.60. The zero-order chi connectivity index (χ0) is 8.23. The third-order valence-corrected chi connectivity index (χ3v) is 3.55. The molecule has 0 unspecified atom stereocenters. The van der Waals surface area contributed by atoms with Crippen LogP contribution >= 0.6 is 0 Å². The van der Waals surface area contributed by atoms with Crippen LogP contribution in [0.4, 0.5) is 0 Å². The molecule has 0 heteroatoms. The quantitative estimate of drug-likeness (QED) is 0.476. The molecule has 0 heterocycles. The molecule has 0 aromatic rings. The maximum atomic E-state index is 2.44. The van der Waals surface area contributed by atoms with E-state index >= 15 is 0 Å². The van der Waals surface area contributed by atoms with Gasteiger partial charge < -0.3 is 0 Å². The van der Waals surface area contributed by atoms with Crippen molar-refractivity contribution in [3.05, 3.63) is 12.2 Å². The van der Waals surface area contributed by atoms with E-state index in [2.05, 4.69) is 12.2 Å². The van der Waals surface area contributed by atoms with Crippen LogP contribution in [0.1, 0.15) is 51.4 Å². The van der Waals surface area contributed by atoms with Gasteiger partial charge in [-0.05, 0) is 24.7 Å². The Morgan fingerprint density at radius 3 is 1.50 bits per heavy atom. The van der Waals surface area contributed by atoms with Gasteiger partial charge in [-0.2, -0.15) is 0 Å². The van der Waals surface area contributed by atoms with Crippen LogP contribution < -0.4 is 0 Å². The lowest BCUT2D eigenvalue weighted by molar-refractivity contribution is 0.326. The van der Waals surface area contributed by atoms with Gasteiger partial charge in [-0.3, -0.25) is 0 Å². The number of hydrogen-bond acceptors (Lipinski definition) is 0. The van der Waals surface area contributed by atoms with Gasteiger partial charge in [0.25, 0.3) is 0 Å². The molecule has 0 radical (unpaired) electrons. The highest BCUT2D eigenvalue weighted by molar-refractivity contribution is 4.89. The summed E-state index contributed by atoms with van der Waals surface area (Å²) in [5.74, 6) is 2.06. The molecule has 0 amide bonds.